The van der Waals surface area contributed by atoms with Crippen LogP contribution < -0.4 is 22.1 Å². The first-order chi connectivity index (χ1) is 16.2. The summed E-state index contributed by atoms with van der Waals surface area (Å²) in [6, 6.07) is 7.81. The van der Waals surface area contributed by atoms with Gasteiger partial charge in [-0.1, -0.05) is 6.07 Å². The fourth-order valence-corrected chi connectivity index (χ4v) is 4.52. The number of nitrogens with zero attached hydrogens (tertiary/aromatic N) is 4. The van der Waals surface area contributed by atoms with Gasteiger partial charge in [0.1, 0.15) is 5.82 Å². The van der Waals surface area contributed by atoms with Crippen molar-refractivity contribution in [1.82, 2.24) is 24.7 Å². The van der Waals surface area contributed by atoms with Gasteiger partial charge < -0.3 is 20.9 Å². The zero-order valence-electron chi connectivity index (χ0n) is 20.0. The number of hydrogen-bond donors (Lipinski definition) is 3. The number of nitrogens with one attached hydrogen (secondary N) is 2. The number of urea groups is 1. The van der Waals surface area contributed by atoms with Crippen LogP contribution in [0, 0.1) is 0 Å². The van der Waals surface area contributed by atoms with E-state index in [1.54, 1.807) is 35.9 Å². The molecule has 182 valence electrons. The normalized spacial score (nSPS) is 18.4. The lowest BCUT2D eigenvalue weighted by molar-refractivity contribution is -0.137. The van der Waals surface area contributed by atoms with E-state index in [0.29, 0.717) is 32.2 Å². The summed E-state index contributed by atoms with van der Waals surface area (Å²) >= 11 is 0. The molecule has 34 heavy (non-hydrogen) atoms. The van der Waals surface area contributed by atoms with Crippen molar-refractivity contribution in [2.75, 3.05) is 38.5 Å². The number of likely N-dealkylation sites (N-methyl/N-ethyl adjacent to an activating group) is 1. The predicted octanol–water partition coefficient (Wildman–Crippen LogP) is 0.723. The monoisotopic (exact) mass is 467 g/mol. The minimum Gasteiger partial charge on any atom is -0.338 e. The van der Waals surface area contributed by atoms with E-state index in [1.165, 1.54) is 15.7 Å². The predicted molar refractivity (Wildman–Crippen MR) is 130 cm³/mol. The third-order valence-corrected chi connectivity index (χ3v) is 6.55. The van der Waals surface area contributed by atoms with Gasteiger partial charge in [-0.3, -0.25) is 14.7 Å². The number of benzene rings is 1. The van der Waals surface area contributed by atoms with Crippen LogP contribution in [0.5, 0.6) is 0 Å². The van der Waals surface area contributed by atoms with Crippen LogP contribution in [0.1, 0.15) is 31.4 Å². The summed E-state index contributed by atoms with van der Waals surface area (Å²) in [5, 5.41) is 6.03. The van der Waals surface area contributed by atoms with Gasteiger partial charge >= 0.3 is 11.7 Å². The van der Waals surface area contributed by atoms with E-state index in [-0.39, 0.29) is 17.8 Å². The average molecular weight is 468 g/mol. The number of anilines is 1. The maximum atomic E-state index is 12.7. The Bertz CT molecular complexity index is 1130. The molecule has 0 spiro atoms. The van der Waals surface area contributed by atoms with Gasteiger partial charge in [-0.2, -0.15) is 4.98 Å². The molecule has 2 aromatic rings. The van der Waals surface area contributed by atoms with E-state index in [0.717, 1.165) is 24.9 Å². The van der Waals surface area contributed by atoms with Gasteiger partial charge in [0.05, 0.1) is 11.2 Å². The molecule has 1 aliphatic carbocycles. The molecule has 0 bridgehead atoms. The highest BCUT2D eigenvalue weighted by Gasteiger charge is 2.31. The van der Waals surface area contributed by atoms with Crippen LogP contribution in [0.15, 0.2) is 35.3 Å². The van der Waals surface area contributed by atoms with E-state index in [2.05, 4.69) is 21.7 Å². The van der Waals surface area contributed by atoms with Gasteiger partial charge in [0, 0.05) is 38.4 Å². The molecule has 2 aliphatic rings. The number of rotatable bonds is 4. The Morgan fingerprint density at radius 2 is 1.79 bits per heavy atom. The molecule has 0 radical (unpaired) electrons. The number of piperazine rings is 1. The largest absolute Gasteiger partial charge is 0.354 e. The van der Waals surface area contributed by atoms with E-state index in [4.69, 9.17) is 5.73 Å². The van der Waals surface area contributed by atoms with Crippen molar-refractivity contribution in [3.05, 3.63) is 52.1 Å². The van der Waals surface area contributed by atoms with Crippen molar-refractivity contribution in [2.24, 2.45) is 5.73 Å². The Hall–Kier alpha value is -3.24. The quantitative estimate of drug-likeness (QED) is 0.609. The first-order valence-corrected chi connectivity index (χ1v) is 11.7. The van der Waals surface area contributed by atoms with E-state index < -0.39 is 11.2 Å². The number of carbonyl (C=O) groups excluding carboxylic acids is 2. The Morgan fingerprint density at radius 1 is 1.09 bits per heavy atom. The highest BCUT2D eigenvalue weighted by molar-refractivity contribution is 5.89. The first-order valence-electron chi connectivity index (χ1n) is 11.7. The summed E-state index contributed by atoms with van der Waals surface area (Å²) in [4.78, 5) is 45.0. The standard InChI is InChI=1S/C24H33N7O3/c1-24(2,25)21(32)29-10-12-30(13-11-29)22(33)27-20-8-9-31(23(34)28-20)19-7-5-16-14-18(26-3)6-4-17(16)15-19/h5,7-9,15,18,26H,4,6,10-14,25H2,1-3H3,(H,27,28,33,34). The maximum Gasteiger partial charge on any atom is 0.354 e. The lowest BCUT2D eigenvalue weighted by Crippen LogP contribution is -2.58. The summed E-state index contributed by atoms with van der Waals surface area (Å²) in [6.45, 7) is 4.93. The number of nitrogens with two attached hydrogens (primary N) is 1. The van der Waals surface area contributed by atoms with Crippen molar-refractivity contribution in [3.63, 3.8) is 0 Å². The summed E-state index contributed by atoms with van der Waals surface area (Å²) in [7, 11) is 1.99. The minimum atomic E-state index is -0.939. The van der Waals surface area contributed by atoms with Crippen LogP contribution in [0.4, 0.5) is 10.6 Å². The van der Waals surface area contributed by atoms with Gasteiger partial charge in [-0.25, -0.2) is 9.59 Å². The Morgan fingerprint density at radius 3 is 2.44 bits per heavy atom. The zero-order chi connectivity index (χ0) is 24.5. The number of amides is 3. The molecule has 1 aromatic carbocycles. The SMILES string of the molecule is CNC1CCc2cc(-n3ccc(NC(=O)N4CCN(C(=O)C(C)(C)N)CC4)nc3=O)ccc2C1. The fraction of sp³-hybridized carbons (Fsp3) is 0.500. The van der Waals surface area contributed by atoms with Crippen LogP contribution in [0.3, 0.4) is 0 Å². The molecule has 4 rings (SSSR count). The van der Waals surface area contributed by atoms with Crippen molar-refractivity contribution in [2.45, 2.75) is 44.7 Å². The third-order valence-electron chi connectivity index (χ3n) is 6.55. The molecule has 10 heteroatoms. The minimum absolute atomic E-state index is 0.137. The molecular weight excluding hydrogens is 434 g/mol. The molecule has 3 amide bonds. The Labute approximate surface area is 199 Å². The summed E-state index contributed by atoms with van der Waals surface area (Å²) < 4.78 is 1.49. The number of carbonyl (C=O) groups is 2. The van der Waals surface area contributed by atoms with Crippen molar-refractivity contribution in [1.29, 1.82) is 0 Å². The molecule has 1 fully saturated rings. The van der Waals surface area contributed by atoms with E-state index in [9.17, 15) is 14.4 Å². The number of fused-ring (bicyclic) bond motifs is 1. The average Bonchev–Trinajstić information content (AvgIpc) is 2.82. The number of aryl methyl sites for hydroxylation is 1. The lowest BCUT2D eigenvalue weighted by atomic mass is 9.88. The highest BCUT2D eigenvalue weighted by Crippen LogP contribution is 2.23. The van der Waals surface area contributed by atoms with E-state index in [1.807, 2.05) is 19.2 Å². The zero-order valence-corrected chi connectivity index (χ0v) is 20.0. The molecule has 1 aliphatic heterocycles. The van der Waals surface area contributed by atoms with Crippen LogP contribution >= 0.6 is 0 Å². The third kappa shape index (κ3) is 5.13. The number of hydrogen-bond acceptors (Lipinski definition) is 6. The number of aromatic nitrogens is 2. The second-order valence-corrected chi connectivity index (χ2v) is 9.58. The molecule has 10 nitrogen and oxygen atoms in total. The van der Waals surface area contributed by atoms with E-state index >= 15 is 0 Å². The van der Waals surface area contributed by atoms with Crippen molar-refractivity contribution < 1.29 is 9.59 Å². The molecule has 1 atom stereocenters. The second kappa shape index (κ2) is 9.55. The van der Waals surface area contributed by atoms with Gasteiger partial charge in [-0.15, -0.1) is 0 Å². The Kier molecular flexibility index (Phi) is 6.72. The molecule has 0 saturated carbocycles. The van der Waals surface area contributed by atoms with Crippen LogP contribution in [0.25, 0.3) is 5.69 Å². The summed E-state index contributed by atoms with van der Waals surface area (Å²) in [5.74, 6) is 0.0598. The van der Waals surface area contributed by atoms with Gasteiger partial charge in [-0.05, 0) is 69.5 Å². The van der Waals surface area contributed by atoms with Crippen LogP contribution in [0.2, 0.25) is 0 Å². The second-order valence-electron chi connectivity index (χ2n) is 9.58. The summed E-state index contributed by atoms with van der Waals surface area (Å²) in [5.41, 5.74) is 7.82. The molecule has 1 unspecified atom stereocenters. The first kappa shape index (κ1) is 23.9. The molecule has 4 N–H and O–H groups in total. The van der Waals surface area contributed by atoms with Gasteiger partial charge in [0.2, 0.25) is 5.91 Å². The van der Waals surface area contributed by atoms with Crippen LogP contribution in [-0.2, 0) is 17.6 Å². The molecular formula is C24H33N7O3. The molecule has 2 heterocycles. The topological polar surface area (TPSA) is 126 Å². The maximum absolute atomic E-state index is 12.7. The van der Waals surface area contributed by atoms with Gasteiger partial charge in [0.25, 0.3) is 0 Å². The lowest BCUT2D eigenvalue weighted by Gasteiger charge is -2.37. The molecule has 1 saturated heterocycles. The highest BCUT2D eigenvalue weighted by atomic mass is 16.2. The fourth-order valence-electron chi connectivity index (χ4n) is 4.52. The molecule has 1 aromatic heterocycles. The van der Waals surface area contributed by atoms with Crippen molar-refractivity contribution in [3.8, 4) is 5.69 Å². The smallest absolute Gasteiger partial charge is 0.338 e. The van der Waals surface area contributed by atoms with Gasteiger partial charge in [0.15, 0.2) is 0 Å². The van der Waals surface area contributed by atoms with Crippen molar-refractivity contribution >= 4 is 17.8 Å². The Balaban J connectivity index is 1.39. The van der Waals surface area contributed by atoms with Crippen LogP contribution in [-0.4, -0.2) is 76.1 Å². The summed E-state index contributed by atoms with van der Waals surface area (Å²) in [6.07, 6.45) is 4.65.